The van der Waals surface area contributed by atoms with Crippen molar-refractivity contribution in [3.63, 3.8) is 0 Å². The second-order valence-corrected chi connectivity index (χ2v) is 6.55. The van der Waals surface area contributed by atoms with Gasteiger partial charge in [0, 0.05) is 11.1 Å². The molecule has 0 spiro atoms. The molecule has 0 amide bonds. The van der Waals surface area contributed by atoms with Crippen LogP contribution in [-0.4, -0.2) is 23.3 Å². The highest BCUT2D eigenvalue weighted by molar-refractivity contribution is 6.61. The van der Waals surface area contributed by atoms with Crippen LogP contribution in [0.5, 0.6) is 0 Å². The lowest BCUT2D eigenvalue weighted by Gasteiger charge is -2.32. The Morgan fingerprint density at radius 1 is 1.10 bits per heavy atom. The van der Waals surface area contributed by atoms with Crippen molar-refractivity contribution in [2.45, 2.75) is 52.2 Å². The van der Waals surface area contributed by atoms with Crippen molar-refractivity contribution in [3.05, 3.63) is 29.8 Å². The Morgan fingerprint density at radius 3 is 2.35 bits per heavy atom. The van der Waals surface area contributed by atoms with Gasteiger partial charge in [-0.05, 0) is 51.1 Å². The first-order valence-electron chi connectivity index (χ1n) is 7.30. The van der Waals surface area contributed by atoms with Gasteiger partial charge in [-0.2, -0.15) is 0 Å². The molecule has 20 heavy (non-hydrogen) atoms. The molecule has 3 nitrogen and oxygen atoms in total. The highest BCUT2D eigenvalue weighted by atomic mass is 16.7. The van der Waals surface area contributed by atoms with Gasteiger partial charge in [0.15, 0.2) is 0 Å². The van der Waals surface area contributed by atoms with E-state index >= 15 is 0 Å². The van der Waals surface area contributed by atoms with Crippen molar-refractivity contribution in [3.8, 4) is 0 Å². The van der Waals surface area contributed by atoms with Crippen molar-refractivity contribution < 1.29 is 9.31 Å². The zero-order valence-electron chi connectivity index (χ0n) is 12.9. The Balaban J connectivity index is 2.00. The summed E-state index contributed by atoms with van der Waals surface area (Å²) in [5.41, 5.74) is 2.91. The van der Waals surface area contributed by atoms with Crippen LogP contribution in [0, 0.1) is 0 Å². The summed E-state index contributed by atoms with van der Waals surface area (Å²) in [6.07, 6.45) is 1.01. The number of fused-ring (bicyclic) bond motifs is 1. The maximum absolute atomic E-state index is 6.10. The van der Waals surface area contributed by atoms with Gasteiger partial charge in [0.05, 0.1) is 11.2 Å². The molecule has 0 radical (unpaired) electrons. The smallest absolute Gasteiger partial charge is 0.398 e. The molecular weight excluding hydrogens is 249 g/mol. The molecule has 1 fully saturated rings. The van der Waals surface area contributed by atoms with E-state index in [1.807, 2.05) is 0 Å². The summed E-state index contributed by atoms with van der Waals surface area (Å²) in [4.78, 5) is 3.48. The third-order valence-corrected chi connectivity index (χ3v) is 4.65. The lowest BCUT2D eigenvalue weighted by atomic mass is 9.85. The number of rotatable bonds is 2. The number of aryl methyl sites for hydroxylation is 1. The predicted octanol–water partition coefficient (Wildman–Crippen LogP) is 3.03. The van der Waals surface area contributed by atoms with Gasteiger partial charge in [-0.1, -0.05) is 25.1 Å². The normalized spacial score (nSPS) is 20.8. The molecular formula is C16H22BNO2. The first-order valence-corrected chi connectivity index (χ1v) is 7.30. The first-order chi connectivity index (χ1) is 9.34. The average molecular weight is 271 g/mol. The molecule has 1 aromatic carbocycles. The van der Waals surface area contributed by atoms with Crippen LogP contribution in [0.25, 0.3) is 10.9 Å². The van der Waals surface area contributed by atoms with Gasteiger partial charge in [-0.15, -0.1) is 0 Å². The fourth-order valence-electron chi connectivity index (χ4n) is 2.63. The molecule has 3 rings (SSSR count). The molecule has 0 aliphatic carbocycles. The average Bonchev–Trinajstić information content (AvgIpc) is 2.88. The maximum atomic E-state index is 6.10. The summed E-state index contributed by atoms with van der Waals surface area (Å²) >= 11 is 0. The van der Waals surface area contributed by atoms with Crippen LogP contribution < -0.4 is 5.59 Å². The number of hydrogen-bond donors (Lipinski definition) is 1. The molecule has 1 N–H and O–H groups in total. The second kappa shape index (κ2) is 4.37. The molecule has 2 aromatic rings. The van der Waals surface area contributed by atoms with E-state index in [4.69, 9.17) is 9.31 Å². The fourth-order valence-corrected chi connectivity index (χ4v) is 2.63. The monoisotopic (exact) mass is 271 g/mol. The van der Waals surface area contributed by atoms with Gasteiger partial charge in [0.2, 0.25) is 0 Å². The second-order valence-electron chi connectivity index (χ2n) is 6.55. The Morgan fingerprint density at radius 2 is 1.75 bits per heavy atom. The van der Waals surface area contributed by atoms with Gasteiger partial charge < -0.3 is 14.3 Å². The lowest BCUT2D eigenvalue weighted by molar-refractivity contribution is 0.00578. The van der Waals surface area contributed by atoms with E-state index in [1.54, 1.807) is 0 Å². The van der Waals surface area contributed by atoms with Crippen molar-refractivity contribution in [2.24, 2.45) is 0 Å². The molecule has 106 valence electrons. The third-order valence-electron chi connectivity index (χ3n) is 4.65. The Bertz CT molecular complexity index is 629. The summed E-state index contributed by atoms with van der Waals surface area (Å²) in [5, 5.41) is 1.22. The minimum atomic E-state index is -0.322. The van der Waals surface area contributed by atoms with Gasteiger partial charge >= 0.3 is 7.12 Å². The van der Waals surface area contributed by atoms with E-state index in [0.29, 0.717) is 0 Å². The van der Waals surface area contributed by atoms with Gasteiger partial charge in [-0.25, -0.2) is 0 Å². The molecule has 1 aromatic heterocycles. The summed E-state index contributed by atoms with van der Waals surface area (Å²) in [6, 6.07) is 8.52. The third kappa shape index (κ3) is 1.98. The highest BCUT2D eigenvalue weighted by Crippen LogP contribution is 2.36. The summed E-state index contributed by atoms with van der Waals surface area (Å²) in [5.74, 6) is 0. The molecule has 4 heteroatoms. The molecule has 1 saturated heterocycles. The largest absolute Gasteiger partial charge is 0.512 e. The van der Waals surface area contributed by atoms with Crippen molar-refractivity contribution in [1.82, 2.24) is 4.98 Å². The highest BCUT2D eigenvalue weighted by Gasteiger charge is 2.52. The molecule has 0 atom stereocenters. The predicted molar refractivity (Wildman–Crippen MR) is 83.4 cm³/mol. The van der Waals surface area contributed by atoms with E-state index in [0.717, 1.165) is 12.0 Å². The number of para-hydroxylation sites is 1. The summed E-state index contributed by atoms with van der Waals surface area (Å²) in [6.45, 7) is 10.5. The number of H-pyrrole nitrogens is 1. The zero-order chi connectivity index (χ0) is 14.5. The lowest BCUT2D eigenvalue weighted by Crippen LogP contribution is -2.41. The van der Waals surface area contributed by atoms with E-state index in [1.165, 1.54) is 16.5 Å². The van der Waals surface area contributed by atoms with E-state index in [9.17, 15) is 0 Å². The van der Waals surface area contributed by atoms with Crippen molar-refractivity contribution >= 4 is 23.6 Å². The first kappa shape index (κ1) is 13.7. The van der Waals surface area contributed by atoms with Crippen LogP contribution in [0.4, 0.5) is 0 Å². The summed E-state index contributed by atoms with van der Waals surface area (Å²) < 4.78 is 12.2. The molecule has 0 bridgehead atoms. The Hall–Kier alpha value is -1.26. The minimum absolute atomic E-state index is 0.303. The molecule has 0 saturated carbocycles. The quantitative estimate of drug-likeness (QED) is 0.852. The number of aromatic nitrogens is 1. The summed E-state index contributed by atoms with van der Waals surface area (Å²) in [7, 11) is -0.322. The number of aromatic amines is 1. The minimum Gasteiger partial charge on any atom is -0.398 e. The molecule has 1 aliphatic rings. The van der Waals surface area contributed by atoms with E-state index < -0.39 is 0 Å². The maximum Gasteiger partial charge on any atom is 0.512 e. The number of benzene rings is 1. The van der Waals surface area contributed by atoms with E-state index in [-0.39, 0.29) is 18.3 Å². The number of nitrogens with one attached hydrogen (secondary N) is 1. The van der Waals surface area contributed by atoms with E-state index in [2.05, 4.69) is 63.9 Å². The van der Waals surface area contributed by atoms with Gasteiger partial charge in [0.25, 0.3) is 0 Å². The fraction of sp³-hybridized carbons (Fsp3) is 0.500. The molecule has 2 heterocycles. The topological polar surface area (TPSA) is 34.2 Å². The van der Waals surface area contributed by atoms with Gasteiger partial charge in [0.1, 0.15) is 0 Å². The zero-order valence-corrected chi connectivity index (χ0v) is 12.9. The number of hydrogen-bond acceptors (Lipinski definition) is 2. The van der Waals surface area contributed by atoms with Crippen LogP contribution in [0.3, 0.4) is 0 Å². The standard InChI is InChI=1S/C16H22BNO2/c1-6-11-8-7-9-12-10-13(18-14(11)12)17-19-15(2,3)16(4,5)20-17/h7-10,18H,6H2,1-5H3. The van der Waals surface area contributed by atoms with Gasteiger partial charge in [-0.3, -0.25) is 0 Å². The van der Waals surface area contributed by atoms with Crippen LogP contribution >= 0.6 is 0 Å². The molecule has 1 aliphatic heterocycles. The van der Waals surface area contributed by atoms with Crippen molar-refractivity contribution in [1.29, 1.82) is 0 Å². The van der Waals surface area contributed by atoms with Crippen LogP contribution in [0.1, 0.15) is 40.2 Å². The van der Waals surface area contributed by atoms with Crippen molar-refractivity contribution in [2.75, 3.05) is 0 Å². The Labute approximate surface area is 120 Å². The molecule has 0 unspecified atom stereocenters. The SMILES string of the molecule is CCc1cccc2cc(B3OC(C)(C)C(C)(C)O3)[nH]c12. The van der Waals surface area contributed by atoms with Crippen LogP contribution in [0.2, 0.25) is 0 Å². The van der Waals surface area contributed by atoms with Crippen LogP contribution in [0.15, 0.2) is 24.3 Å². The Kier molecular flexibility index (Phi) is 3.00. The van der Waals surface area contributed by atoms with Crippen LogP contribution in [-0.2, 0) is 15.7 Å².